The summed E-state index contributed by atoms with van der Waals surface area (Å²) < 4.78 is 5.21. The summed E-state index contributed by atoms with van der Waals surface area (Å²) in [6.07, 6.45) is 3.40. The predicted octanol–water partition coefficient (Wildman–Crippen LogP) is 3.52. The van der Waals surface area contributed by atoms with E-state index in [1.165, 1.54) is 18.4 Å². The van der Waals surface area contributed by atoms with E-state index in [0.29, 0.717) is 33.2 Å². The fraction of sp³-hybridized carbons (Fsp3) is 0.125. The van der Waals surface area contributed by atoms with Crippen molar-refractivity contribution in [2.24, 2.45) is 0 Å². The monoisotopic (exact) mass is 375 g/mol. The summed E-state index contributed by atoms with van der Waals surface area (Å²) in [5.74, 6) is 0.782. The van der Waals surface area contributed by atoms with Gasteiger partial charge >= 0.3 is 0 Å². The van der Waals surface area contributed by atoms with Gasteiger partial charge in [-0.25, -0.2) is 15.0 Å². The Bertz CT molecular complexity index is 872. The lowest BCUT2D eigenvalue weighted by atomic mass is 10.2. The summed E-state index contributed by atoms with van der Waals surface area (Å²) in [5, 5.41) is 8.71. The molecule has 2 N–H and O–H groups in total. The van der Waals surface area contributed by atoms with Gasteiger partial charge in [-0.15, -0.1) is 11.3 Å². The number of nitrogens with one attached hydrogen (secondary N) is 2. The van der Waals surface area contributed by atoms with Crippen molar-refractivity contribution in [3.05, 3.63) is 52.8 Å². The maximum Gasteiger partial charge on any atom is 0.230 e. The fourth-order valence-corrected chi connectivity index (χ4v) is 2.92. The number of hydrogen-bond donors (Lipinski definition) is 2. The second-order valence-electron chi connectivity index (χ2n) is 4.91. The highest BCUT2D eigenvalue weighted by atomic mass is 35.5. The van der Waals surface area contributed by atoms with E-state index in [-0.39, 0.29) is 12.3 Å². The molecular formula is C16H14ClN5O2S. The lowest BCUT2D eigenvalue weighted by molar-refractivity contribution is -0.115. The highest BCUT2D eigenvalue weighted by Gasteiger charge is 2.12. The van der Waals surface area contributed by atoms with Crippen molar-refractivity contribution in [1.82, 2.24) is 15.0 Å². The molecule has 7 nitrogen and oxygen atoms in total. The number of thiazole rings is 1. The minimum Gasteiger partial charge on any atom is -0.495 e. The number of amides is 1. The third kappa shape index (κ3) is 4.65. The van der Waals surface area contributed by atoms with Crippen molar-refractivity contribution >= 4 is 45.6 Å². The van der Waals surface area contributed by atoms with Crippen molar-refractivity contribution in [1.29, 1.82) is 0 Å². The molecule has 0 aliphatic heterocycles. The third-order valence-corrected chi connectivity index (χ3v) is 4.16. The molecular weight excluding hydrogens is 362 g/mol. The standard InChI is InChI=1S/C16H14ClN5O2S/c1-24-13-4-3-10(17)7-12(13)21-14(23)8-11-9-25-16(20-11)22-15-18-5-2-6-19-15/h2-7,9H,8H2,1H3,(H,21,23)(H,18,19,20,22). The first-order valence-electron chi connectivity index (χ1n) is 7.26. The van der Waals surface area contributed by atoms with Crippen LogP contribution in [-0.2, 0) is 11.2 Å². The smallest absolute Gasteiger partial charge is 0.230 e. The lowest BCUT2D eigenvalue weighted by Gasteiger charge is -2.10. The summed E-state index contributed by atoms with van der Waals surface area (Å²) in [6.45, 7) is 0. The first-order chi connectivity index (χ1) is 12.1. The fourth-order valence-electron chi connectivity index (χ4n) is 2.04. The maximum absolute atomic E-state index is 12.2. The number of aromatic nitrogens is 3. The van der Waals surface area contributed by atoms with Gasteiger partial charge < -0.3 is 15.4 Å². The number of benzene rings is 1. The normalized spacial score (nSPS) is 10.3. The Morgan fingerprint density at radius 3 is 2.88 bits per heavy atom. The second-order valence-corrected chi connectivity index (χ2v) is 6.21. The van der Waals surface area contributed by atoms with Gasteiger partial charge in [0.2, 0.25) is 11.9 Å². The molecule has 3 rings (SSSR count). The van der Waals surface area contributed by atoms with Crippen LogP contribution in [0.25, 0.3) is 0 Å². The number of rotatable bonds is 6. The zero-order valence-electron chi connectivity index (χ0n) is 13.2. The second kappa shape index (κ2) is 7.91. The van der Waals surface area contributed by atoms with Gasteiger partial charge in [0.1, 0.15) is 5.75 Å². The topological polar surface area (TPSA) is 89.0 Å². The molecule has 25 heavy (non-hydrogen) atoms. The van der Waals surface area contributed by atoms with Crippen molar-refractivity contribution in [2.75, 3.05) is 17.7 Å². The highest BCUT2D eigenvalue weighted by molar-refractivity contribution is 7.13. The number of methoxy groups -OCH3 is 1. The molecule has 0 bridgehead atoms. The molecule has 0 atom stereocenters. The quantitative estimate of drug-likeness (QED) is 0.685. The van der Waals surface area contributed by atoms with Gasteiger partial charge in [0.25, 0.3) is 0 Å². The van der Waals surface area contributed by atoms with Crippen molar-refractivity contribution in [3.8, 4) is 5.75 Å². The largest absolute Gasteiger partial charge is 0.495 e. The minimum absolute atomic E-state index is 0.128. The van der Waals surface area contributed by atoms with Crippen LogP contribution in [0.2, 0.25) is 5.02 Å². The van der Waals surface area contributed by atoms with E-state index in [0.717, 1.165) is 0 Å². The first kappa shape index (κ1) is 17.1. The molecule has 0 aliphatic rings. The number of ether oxygens (including phenoxy) is 1. The van der Waals surface area contributed by atoms with Crippen molar-refractivity contribution in [2.45, 2.75) is 6.42 Å². The number of hydrogen-bond acceptors (Lipinski definition) is 7. The lowest BCUT2D eigenvalue weighted by Crippen LogP contribution is -2.15. The van der Waals surface area contributed by atoms with Crippen LogP contribution in [-0.4, -0.2) is 28.0 Å². The van der Waals surface area contributed by atoms with E-state index < -0.39 is 0 Å². The summed E-state index contributed by atoms with van der Waals surface area (Å²) in [7, 11) is 1.53. The maximum atomic E-state index is 12.2. The van der Waals surface area contributed by atoms with Crippen LogP contribution < -0.4 is 15.4 Å². The molecule has 0 saturated heterocycles. The molecule has 2 heterocycles. The van der Waals surface area contributed by atoms with Gasteiger partial charge in [-0.3, -0.25) is 4.79 Å². The van der Waals surface area contributed by atoms with Crippen molar-refractivity contribution < 1.29 is 9.53 Å². The van der Waals surface area contributed by atoms with E-state index >= 15 is 0 Å². The van der Waals surface area contributed by atoms with Crippen LogP contribution in [0.4, 0.5) is 16.8 Å². The number of carbonyl (C=O) groups is 1. The van der Waals surface area contributed by atoms with Crippen LogP contribution in [0, 0.1) is 0 Å². The molecule has 0 fully saturated rings. The van der Waals surface area contributed by atoms with E-state index in [4.69, 9.17) is 16.3 Å². The van der Waals surface area contributed by atoms with Crippen LogP contribution in [0.1, 0.15) is 5.69 Å². The van der Waals surface area contributed by atoms with Gasteiger partial charge in [0.05, 0.1) is 24.9 Å². The number of carbonyl (C=O) groups excluding carboxylic acids is 1. The SMILES string of the molecule is COc1ccc(Cl)cc1NC(=O)Cc1csc(Nc2ncccn2)n1. The van der Waals surface area contributed by atoms with Gasteiger partial charge in [-0.2, -0.15) is 0 Å². The van der Waals surface area contributed by atoms with Gasteiger partial charge in [-0.05, 0) is 24.3 Å². The van der Waals surface area contributed by atoms with Crippen LogP contribution in [0.3, 0.4) is 0 Å². The summed E-state index contributed by atoms with van der Waals surface area (Å²) >= 11 is 7.33. The Hall–Kier alpha value is -2.71. The molecule has 2 aromatic heterocycles. The van der Waals surface area contributed by atoms with E-state index in [1.54, 1.807) is 42.0 Å². The molecule has 0 radical (unpaired) electrons. The Balaban J connectivity index is 1.63. The molecule has 0 aliphatic carbocycles. The summed E-state index contributed by atoms with van der Waals surface area (Å²) in [4.78, 5) is 24.7. The zero-order chi connectivity index (χ0) is 17.6. The summed E-state index contributed by atoms with van der Waals surface area (Å²) in [5.41, 5.74) is 1.16. The third-order valence-electron chi connectivity index (χ3n) is 3.11. The average Bonchev–Trinajstić information content (AvgIpc) is 3.02. The molecule has 9 heteroatoms. The number of nitrogens with zero attached hydrogens (tertiary/aromatic N) is 3. The molecule has 0 unspecified atom stereocenters. The Morgan fingerprint density at radius 1 is 1.32 bits per heavy atom. The molecule has 0 spiro atoms. The molecule has 0 saturated carbocycles. The number of halogens is 1. The van der Waals surface area contributed by atoms with Crippen LogP contribution in [0.15, 0.2) is 42.0 Å². The minimum atomic E-state index is -0.214. The zero-order valence-corrected chi connectivity index (χ0v) is 14.8. The Kier molecular flexibility index (Phi) is 5.42. The van der Waals surface area contributed by atoms with Gasteiger partial charge in [0.15, 0.2) is 5.13 Å². The van der Waals surface area contributed by atoms with E-state index in [9.17, 15) is 4.79 Å². The van der Waals surface area contributed by atoms with Gasteiger partial charge in [0, 0.05) is 22.8 Å². The van der Waals surface area contributed by atoms with Gasteiger partial charge in [-0.1, -0.05) is 11.6 Å². The highest BCUT2D eigenvalue weighted by Crippen LogP contribution is 2.28. The summed E-state index contributed by atoms with van der Waals surface area (Å²) in [6, 6.07) is 6.76. The van der Waals surface area contributed by atoms with Crippen molar-refractivity contribution in [3.63, 3.8) is 0 Å². The Labute approximate surface area is 153 Å². The Morgan fingerprint density at radius 2 is 2.12 bits per heavy atom. The molecule has 128 valence electrons. The van der Waals surface area contributed by atoms with Crippen LogP contribution in [0.5, 0.6) is 5.75 Å². The van der Waals surface area contributed by atoms with E-state index in [1.807, 2.05) is 0 Å². The molecule has 1 amide bonds. The first-order valence-corrected chi connectivity index (χ1v) is 8.51. The number of anilines is 3. The van der Waals surface area contributed by atoms with E-state index in [2.05, 4.69) is 25.6 Å². The van der Waals surface area contributed by atoms with Crippen LogP contribution >= 0.6 is 22.9 Å². The predicted molar refractivity (Wildman–Crippen MR) is 97.8 cm³/mol. The molecule has 3 aromatic rings. The average molecular weight is 376 g/mol. The molecule has 1 aromatic carbocycles.